The van der Waals surface area contributed by atoms with Crippen LogP contribution in [0, 0.1) is 17.1 Å². The molecule has 102 valence electrons. The summed E-state index contributed by atoms with van der Waals surface area (Å²) < 4.78 is 24.1. The average molecular weight is 272 g/mol. The second-order valence-corrected chi connectivity index (χ2v) is 4.01. The molecule has 5 heteroatoms. The summed E-state index contributed by atoms with van der Waals surface area (Å²) in [6.07, 6.45) is 3.41. The van der Waals surface area contributed by atoms with Gasteiger partial charge in [0, 0.05) is 18.5 Å². The summed E-state index contributed by atoms with van der Waals surface area (Å²) in [5.41, 5.74) is 1.04. The van der Waals surface area contributed by atoms with Gasteiger partial charge >= 0.3 is 0 Å². The van der Waals surface area contributed by atoms with Crippen LogP contribution in [0.15, 0.2) is 42.7 Å². The molecule has 20 heavy (non-hydrogen) atoms. The molecule has 0 aliphatic heterocycles. The van der Waals surface area contributed by atoms with Gasteiger partial charge in [-0.15, -0.1) is 0 Å². The lowest BCUT2D eigenvalue weighted by Gasteiger charge is -2.07. The Morgan fingerprint density at radius 1 is 1.15 bits per heavy atom. The fourth-order valence-electron chi connectivity index (χ4n) is 1.56. The van der Waals surface area contributed by atoms with E-state index in [2.05, 4.69) is 4.98 Å². The molecule has 4 nitrogen and oxygen atoms in total. The van der Waals surface area contributed by atoms with Crippen molar-refractivity contribution in [2.75, 3.05) is 13.2 Å². The molecular formula is C15H13FN2O2. The van der Waals surface area contributed by atoms with Crippen molar-refractivity contribution < 1.29 is 13.9 Å². The topological polar surface area (TPSA) is 55.1 Å². The van der Waals surface area contributed by atoms with E-state index in [1.165, 1.54) is 12.1 Å². The predicted molar refractivity (Wildman–Crippen MR) is 70.5 cm³/mol. The highest BCUT2D eigenvalue weighted by molar-refractivity contribution is 5.36. The van der Waals surface area contributed by atoms with Crippen LogP contribution in [0.4, 0.5) is 4.39 Å². The molecule has 0 saturated heterocycles. The van der Waals surface area contributed by atoms with Crippen molar-refractivity contribution in [2.24, 2.45) is 0 Å². The van der Waals surface area contributed by atoms with E-state index in [-0.39, 0.29) is 5.56 Å². The van der Waals surface area contributed by atoms with E-state index in [0.29, 0.717) is 25.6 Å². The lowest BCUT2D eigenvalue weighted by molar-refractivity contribution is 0.0888. The normalized spacial score (nSPS) is 10.0. The molecule has 0 aliphatic carbocycles. The molecule has 1 aromatic heterocycles. The van der Waals surface area contributed by atoms with Crippen LogP contribution < -0.4 is 4.74 Å². The smallest absolute Gasteiger partial charge is 0.144 e. The third-order valence-corrected chi connectivity index (χ3v) is 2.58. The summed E-state index contributed by atoms with van der Waals surface area (Å²) in [5.74, 6) is -0.197. The van der Waals surface area contributed by atoms with Gasteiger partial charge in [-0.05, 0) is 29.8 Å². The fraction of sp³-hybridized carbons (Fsp3) is 0.200. The van der Waals surface area contributed by atoms with Gasteiger partial charge in [-0.3, -0.25) is 4.98 Å². The maximum Gasteiger partial charge on any atom is 0.144 e. The fourth-order valence-corrected chi connectivity index (χ4v) is 1.56. The van der Waals surface area contributed by atoms with Crippen molar-refractivity contribution in [2.45, 2.75) is 6.61 Å². The van der Waals surface area contributed by atoms with Crippen LogP contribution in [-0.2, 0) is 11.3 Å². The molecule has 0 atom stereocenters. The standard InChI is InChI=1S/C15H13FN2O2/c16-15-9-14(2-1-13(15)10-17)20-8-7-19-11-12-3-5-18-6-4-12/h1-6,9H,7-8,11H2. The largest absolute Gasteiger partial charge is 0.491 e. The summed E-state index contributed by atoms with van der Waals surface area (Å²) in [6.45, 7) is 1.19. The molecule has 1 heterocycles. The van der Waals surface area contributed by atoms with Crippen LogP contribution in [0.3, 0.4) is 0 Å². The maximum atomic E-state index is 13.3. The molecular weight excluding hydrogens is 259 g/mol. The van der Waals surface area contributed by atoms with Crippen LogP contribution in [0.25, 0.3) is 0 Å². The zero-order chi connectivity index (χ0) is 14.2. The van der Waals surface area contributed by atoms with E-state index < -0.39 is 5.82 Å². The zero-order valence-electron chi connectivity index (χ0n) is 10.8. The van der Waals surface area contributed by atoms with Crippen molar-refractivity contribution in [3.63, 3.8) is 0 Å². The van der Waals surface area contributed by atoms with Crippen LogP contribution in [0.1, 0.15) is 11.1 Å². The van der Waals surface area contributed by atoms with Crippen LogP contribution >= 0.6 is 0 Å². The minimum Gasteiger partial charge on any atom is -0.491 e. The van der Waals surface area contributed by atoms with Crippen molar-refractivity contribution in [1.82, 2.24) is 4.98 Å². The van der Waals surface area contributed by atoms with E-state index in [1.54, 1.807) is 24.5 Å². The Hall–Kier alpha value is -2.45. The number of halogens is 1. The molecule has 0 amide bonds. The van der Waals surface area contributed by atoms with Crippen molar-refractivity contribution in [3.05, 3.63) is 59.7 Å². The monoisotopic (exact) mass is 272 g/mol. The van der Waals surface area contributed by atoms with E-state index in [9.17, 15) is 4.39 Å². The van der Waals surface area contributed by atoms with Crippen molar-refractivity contribution in [1.29, 1.82) is 5.26 Å². The molecule has 0 bridgehead atoms. The zero-order valence-corrected chi connectivity index (χ0v) is 10.8. The Labute approximate surface area is 116 Å². The summed E-state index contributed by atoms with van der Waals surface area (Å²) in [5, 5.41) is 8.61. The summed E-state index contributed by atoms with van der Waals surface area (Å²) >= 11 is 0. The van der Waals surface area contributed by atoms with E-state index in [1.807, 2.05) is 12.1 Å². The molecule has 0 unspecified atom stereocenters. The number of hydrogen-bond acceptors (Lipinski definition) is 4. The van der Waals surface area contributed by atoms with Gasteiger partial charge in [0.1, 0.15) is 24.2 Å². The van der Waals surface area contributed by atoms with Gasteiger partial charge in [0.2, 0.25) is 0 Å². The third-order valence-electron chi connectivity index (χ3n) is 2.58. The third kappa shape index (κ3) is 4.04. The molecule has 0 saturated carbocycles. The first kappa shape index (κ1) is 14.0. The highest BCUT2D eigenvalue weighted by atomic mass is 19.1. The molecule has 0 radical (unpaired) electrons. The number of nitriles is 1. The first-order valence-corrected chi connectivity index (χ1v) is 6.08. The minimum atomic E-state index is -0.581. The average Bonchev–Trinajstić information content (AvgIpc) is 2.48. The predicted octanol–water partition coefficient (Wildman–Crippen LogP) is 2.69. The lowest BCUT2D eigenvalue weighted by atomic mass is 10.2. The SMILES string of the molecule is N#Cc1ccc(OCCOCc2ccncc2)cc1F. The van der Waals surface area contributed by atoms with Gasteiger partial charge < -0.3 is 9.47 Å². The quantitative estimate of drug-likeness (QED) is 0.759. The van der Waals surface area contributed by atoms with Gasteiger partial charge in [-0.1, -0.05) is 0 Å². The van der Waals surface area contributed by atoms with Gasteiger partial charge in [0.15, 0.2) is 0 Å². The highest BCUT2D eigenvalue weighted by Crippen LogP contribution is 2.15. The summed E-state index contributed by atoms with van der Waals surface area (Å²) in [7, 11) is 0. The molecule has 2 rings (SSSR count). The first-order chi connectivity index (χ1) is 9.79. The Morgan fingerprint density at radius 2 is 1.95 bits per heavy atom. The minimum absolute atomic E-state index is 0.00582. The molecule has 0 spiro atoms. The molecule has 0 N–H and O–H groups in total. The van der Waals surface area contributed by atoms with Crippen LogP contribution in [0.2, 0.25) is 0 Å². The van der Waals surface area contributed by atoms with Crippen LogP contribution in [-0.4, -0.2) is 18.2 Å². The van der Waals surface area contributed by atoms with Gasteiger partial charge in [0.05, 0.1) is 18.8 Å². The number of benzene rings is 1. The first-order valence-electron chi connectivity index (χ1n) is 6.08. The summed E-state index contributed by atoms with van der Waals surface area (Å²) in [4.78, 5) is 3.91. The Bertz CT molecular complexity index is 597. The summed E-state index contributed by atoms with van der Waals surface area (Å²) in [6, 6.07) is 9.65. The number of rotatable bonds is 6. The number of ether oxygens (including phenoxy) is 2. The lowest BCUT2D eigenvalue weighted by Crippen LogP contribution is -2.07. The maximum absolute atomic E-state index is 13.3. The van der Waals surface area contributed by atoms with Gasteiger partial charge in [-0.2, -0.15) is 5.26 Å². The Morgan fingerprint density at radius 3 is 2.65 bits per heavy atom. The second kappa shape index (κ2) is 7.22. The highest BCUT2D eigenvalue weighted by Gasteiger charge is 2.03. The van der Waals surface area contributed by atoms with E-state index >= 15 is 0 Å². The van der Waals surface area contributed by atoms with Crippen molar-refractivity contribution in [3.8, 4) is 11.8 Å². The number of pyridine rings is 1. The molecule has 0 aliphatic rings. The molecule has 2 aromatic rings. The van der Waals surface area contributed by atoms with Gasteiger partial charge in [-0.25, -0.2) is 4.39 Å². The van der Waals surface area contributed by atoms with Crippen molar-refractivity contribution >= 4 is 0 Å². The second-order valence-electron chi connectivity index (χ2n) is 4.01. The number of nitrogens with zero attached hydrogens (tertiary/aromatic N) is 2. The van der Waals surface area contributed by atoms with Crippen LogP contribution in [0.5, 0.6) is 5.75 Å². The number of aromatic nitrogens is 1. The molecule has 1 aromatic carbocycles. The number of hydrogen-bond donors (Lipinski definition) is 0. The van der Waals surface area contributed by atoms with E-state index in [0.717, 1.165) is 5.56 Å². The Kier molecular flexibility index (Phi) is 5.04. The van der Waals surface area contributed by atoms with Gasteiger partial charge in [0.25, 0.3) is 0 Å². The molecule has 0 fully saturated rings. The van der Waals surface area contributed by atoms with E-state index in [4.69, 9.17) is 14.7 Å². The Balaban J connectivity index is 1.71.